The van der Waals surface area contributed by atoms with E-state index in [1.807, 2.05) is 26.8 Å². The van der Waals surface area contributed by atoms with Gasteiger partial charge in [-0.3, -0.25) is 0 Å². The fourth-order valence-electron chi connectivity index (χ4n) is 2.18. The molecule has 20 heavy (non-hydrogen) atoms. The number of halogens is 1. The molecule has 2 N–H and O–H groups in total. The maximum absolute atomic E-state index is 13.1. The molecular weight excluding hydrogens is 253 g/mol. The molecule has 0 saturated heterocycles. The maximum Gasteiger partial charge on any atom is 0.138 e. The van der Waals surface area contributed by atoms with E-state index in [2.05, 4.69) is 9.97 Å². The van der Waals surface area contributed by atoms with Crippen molar-refractivity contribution in [1.29, 1.82) is 0 Å². The SMILES string of the molecule is Cc1cc(CCN)nc(C(C)(C)c2ccc(F)cc2)n1. The number of rotatable bonds is 4. The van der Waals surface area contributed by atoms with Crippen LogP contribution in [0.15, 0.2) is 30.3 Å². The summed E-state index contributed by atoms with van der Waals surface area (Å²) in [4.78, 5) is 9.15. The molecule has 0 aliphatic rings. The number of aryl methyl sites for hydroxylation is 1. The van der Waals surface area contributed by atoms with Crippen LogP contribution in [0.5, 0.6) is 0 Å². The molecule has 0 unspecified atom stereocenters. The molecule has 0 aliphatic heterocycles. The first-order chi connectivity index (χ1) is 9.43. The van der Waals surface area contributed by atoms with Crippen LogP contribution < -0.4 is 5.73 Å². The third kappa shape index (κ3) is 3.02. The Balaban J connectivity index is 2.45. The molecule has 0 spiro atoms. The summed E-state index contributed by atoms with van der Waals surface area (Å²) in [5.74, 6) is 0.506. The molecule has 0 fully saturated rings. The zero-order chi connectivity index (χ0) is 14.8. The van der Waals surface area contributed by atoms with Crippen molar-refractivity contribution in [2.75, 3.05) is 6.54 Å². The van der Waals surface area contributed by atoms with Crippen LogP contribution in [0.4, 0.5) is 4.39 Å². The lowest BCUT2D eigenvalue weighted by atomic mass is 9.83. The van der Waals surface area contributed by atoms with Crippen molar-refractivity contribution in [2.45, 2.75) is 32.6 Å². The number of hydrogen-bond donors (Lipinski definition) is 1. The summed E-state index contributed by atoms with van der Waals surface area (Å²) in [6, 6.07) is 8.45. The first kappa shape index (κ1) is 14.6. The highest BCUT2D eigenvalue weighted by atomic mass is 19.1. The number of hydrogen-bond acceptors (Lipinski definition) is 3. The number of nitrogens with zero attached hydrogens (tertiary/aromatic N) is 2. The molecule has 0 amide bonds. The second kappa shape index (κ2) is 5.67. The van der Waals surface area contributed by atoms with Gasteiger partial charge in [0.05, 0.1) is 0 Å². The number of nitrogens with two attached hydrogens (primary N) is 1. The van der Waals surface area contributed by atoms with Crippen LogP contribution in [-0.4, -0.2) is 16.5 Å². The van der Waals surface area contributed by atoms with Crippen molar-refractivity contribution in [1.82, 2.24) is 9.97 Å². The van der Waals surface area contributed by atoms with Crippen LogP contribution in [0.3, 0.4) is 0 Å². The Hall–Kier alpha value is -1.81. The summed E-state index contributed by atoms with van der Waals surface area (Å²) < 4.78 is 13.1. The van der Waals surface area contributed by atoms with Crippen LogP contribution in [0, 0.1) is 12.7 Å². The van der Waals surface area contributed by atoms with Crippen LogP contribution >= 0.6 is 0 Å². The van der Waals surface area contributed by atoms with Gasteiger partial charge in [-0.15, -0.1) is 0 Å². The second-order valence-electron chi connectivity index (χ2n) is 5.49. The Morgan fingerprint density at radius 3 is 2.40 bits per heavy atom. The summed E-state index contributed by atoms with van der Waals surface area (Å²) in [7, 11) is 0. The zero-order valence-electron chi connectivity index (χ0n) is 12.2. The zero-order valence-corrected chi connectivity index (χ0v) is 12.2. The molecule has 3 nitrogen and oxygen atoms in total. The summed E-state index contributed by atoms with van der Waals surface area (Å²) in [5.41, 5.74) is 8.09. The number of benzene rings is 1. The third-order valence-electron chi connectivity index (χ3n) is 3.43. The summed E-state index contributed by atoms with van der Waals surface area (Å²) in [6.45, 7) is 6.60. The molecule has 1 aromatic heterocycles. The van der Waals surface area contributed by atoms with E-state index in [0.717, 1.165) is 29.2 Å². The molecule has 0 bridgehead atoms. The highest BCUT2D eigenvalue weighted by Crippen LogP contribution is 2.29. The topological polar surface area (TPSA) is 51.8 Å². The molecule has 1 aromatic carbocycles. The van der Waals surface area contributed by atoms with Crippen LogP contribution in [0.1, 0.15) is 36.6 Å². The molecule has 0 saturated carbocycles. The van der Waals surface area contributed by atoms with Gasteiger partial charge in [0, 0.05) is 23.2 Å². The van der Waals surface area contributed by atoms with Gasteiger partial charge in [0.1, 0.15) is 11.6 Å². The lowest BCUT2D eigenvalue weighted by Crippen LogP contribution is -2.24. The fraction of sp³-hybridized carbons (Fsp3) is 0.375. The quantitative estimate of drug-likeness (QED) is 0.932. The fourth-order valence-corrected chi connectivity index (χ4v) is 2.18. The van der Waals surface area contributed by atoms with Gasteiger partial charge in [0.25, 0.3) is 0 Å². The summed E-state index contributed by atoms with van der Waals surface area (Å²) in [6.07, 6.45) is 0.732. The molecule has 0 aliphatic carbocycles. The van der Waals surface area contributed by atoms with Crippen LogP contribution in [0.2, 0.25) is 0 Å². The van der Waals surface area contributed by atoms with E-state index >= 15 is 0 Å². The molecule has 0 radical (unpaired) electrons. The Morgan fingerprint density at radius 1 is 1.15 bits per heavy atom. The van der Waals surface area contributed by atoms with Crippen molar-refractivity contribution in [3.63, 3.8) is 0 Å². The van der Waals surface area contributed by atoms with Gasteiger partial charge in [-0.2, -0.15) is 0 Å². The first-order valence-electron chi connectivity index (χ1n) is 6.74. The predicted molar refractivity (Wildman–Crippen MR) is 78.1 cm³/mol. The van der Waals surface area contributed by atoms with Crippen molar-refractivity contribution in [3.8, 4) is 0 Å². The van der Waals surface area contributed by atoms with Crippen molar-refractivity contribution in [2.24, 2.45) is 5.73 Å². The second-order valence-corrected chi connectivity index (χ2v) is 5.49. The van der Waals surface area contributed by atoms with E-state index < -0.39 is 0 Å². The van der Waals surface area contributed by atoms with Crippen molar-refractivity contribution < 1.29 is 4.39 Å². The Bertz CT molecular complexity index is 591. The lowest BCUT2D eigenvalue weighted by molar-refractivity contribution is 0.576. The van der Waals surface area contributed by atoms with Gasteiger partial charge in [0.15, 0.2) is 0 Å². The van der Waals surface area contributed by atoms with E-state index in [4.69, 9.17) is 5.73 Å². The van der Waals surface area contributed by atoms with E-state index in [-0.39, 0.29) is 11.2 Å². The Kier molecular flexibility index (Phi) is 4.14. The minimum Gasteiger partial charge on any atom is -0.330 e. The largest absolute Gasteiger partial charge is 0.330 e. The smallest absolute Gasteiger partial charge is 0.138 e. The van der Waals surface area contributed by atoms with Gasteiger partial charge in [-0.05, 0) is 51.1 Å². The minimum absolute atomic E-state index is 0.237. The molecule has 1 heterocycles. The van der Waals surface area contributed by atoms with Gasteiger partial charge < -0.3 is 5.73 Å². The number of aromatic nitrogens is 2. The van der Waals surface area contributed by atoms with E-state index in [0.29, 0.717) is 6.54 Å². The van der Waals surface area contributed by atoms with E-state index in [1.54, 1.807) is 12.1 Å². The molecule has 2 rings (SSSR count). The van der Waals surface area contributed by atoms with Gasteiger partial charge >= 0.3 is 0 Å². The average Bonchev–Trinajstić information content (AvgIpc) is 2.39. The summed E-state index contributed by atoms with van der Waals surface area (Å²) in [5, 5.41) is 0. The van der Waals surface area contributed by atoms with Gasteiger partial charge in [-0.1, -0.05) is 12.1 Å². The monoisotopic (exact) mass is 273 g/mol. The predicted octanol–water partition coefficient (Wildman–Crippen LogP) is 2.75. The van der Waals surface area contributed by atoms with Crippen LogP contribution in [-0.2, 0) is 11.8 Å². The van der Waals surface area contributed by atoms with Crippen molar-refractivity contribution in [3.05, 3.63) is 58.9 Å². The minimum atomic E-state index is -0.372. The van der Waals surface area contributed by atoms with Gasteiger partial charge in [0.2, 0.25) is 0 Å². The van der Waals surface area contributed by atoms with Crippen LogP contribution in [0.25, 0.3) is 0 Å². The molecule has 4 heteroatoms. The maximum atomic E-state index is 13.1. The lowest BCUT2D eigenvalue weighted by Gasteiger charge is -2.24. The summed E-state index contributed by atoms with van der Waals surface area (Å²) >= 11 is 0. The molecular formula is C16H20FN3. The first-order valence-corrected chi connectivity index (χ1v) is 6.74. The molecule has 0 atom stereocenters. The standard InChI is InChI=1S/C16H20FN3/c1-11-10-14(8-9-18)20-15(19-11)16(2,3)12-4-6-13(17)7-5-12/h4-7,10H,8-9,18H2,1-3H3. The highest BCUT2D eigenvalue weighted by Gasteiger charge is 2.27. The van der Waals surface area contributed by atoms with Crippen molar-refractivity contribution >= 4 is 0 Å². The van der Waals surface area contributed by atoms with Gasteiger partial charge in [-0.25, -0.2) is 14.4 Å². The third-order valence-corrected chi connectivity index (χ3v) is 3.43. The Labute approximate surface area is 119 Å². The average molecular weight is 273 g/mol. The molecule has 106 valence electrons. The van der Waals surface area contributed by atoms with E-state index in [1.165, 1.54) is 12.1 Å². The highest BCUT2D eigenvalue weighted by molar-refractivity contribution is 5.32. The van der Waals surface area contributed by atoms with E-state index in [9.17, 15) is 4.39 Å². The Morgan fingerprint density at radius 2 is 1.80 bits per heavy atom. The normalized spacial score (nSPS) is 11.7. The molecule has 2 aromatic rings.